The second-order valence-electron chi connectivity index (χ2n) is 9.83. The number of carbonyl (C=O) groups excluding carboxylic acids is 1. The number of nitrogens with one attached hydrogen (secondary N) is 2. The van der Waals surface area contributed by atoms with Crippen LogP contribution in [0.4, 0.5) is 31.5 Å². The summed E-state index contributed by atoms with van der Waals surface area (Å²) in [5.41, 5.74) is 4.46. The number of carbonyl (C=O) groups is 1. The van der Waals surface area contributed by atoms with E-state index in [1.54, 1.807) is 42.5 Å². The SMILES string of the molecule is Cc1cc(F)ccc1Nc1ccc2c(c1)Oc1cc(Nc3ccccc3F)ccc1C21OC(=O)c2ccccc21. The number of aryl methyl sites for hydroxylation is 1. The number of hydrogen-bond acceptors (Lipinski definition) is 5. The fraction of sp³-hybridized carbons (Fsp3) is 0.0606. The molecule has 0 saturated carbocycles. The first kappa shape index (κ1) is 23.9. The molecule has 1 spiro atoms. The summed E-state index contributed by atoms with van der Waals surface area (Å²) in [6.45, 7) is 1.82. The van der Waals surface area contributed by atoms with Gasteiger partial charge in [0.25, 0.3) is 0 Å². The Morgan fingerprint density at radius 1 is 0.675 bits per heavy atom. The lowest BCUT2D eigenvalue weighted by Gasteiger charge is -2.37. The van der Waals surface area contributed by atoms with Crippen LogP contribution in [-0.2, 0) is 10.3 Å². The number of rotatable bonds is 4. The van der Waals surface area contributed by atoms with E-state index >= 15 is 0 Å². The van der Waals surface area contributed by atoms with Gasteiger partial charge < -0.3 is 20.1 Å². The number of fused-ring (bicyclic) bond motifs is 6. The number of ether oxygens (including phenoxy) is 2. The predicted octanol–water partition coefficient (Wildman–Crippen LogP) is 8.33. The van der Waals surface area contributed by atoms with E-state index in [0.717, 1.165) is 16.8 Å². The van der Waals surface area contributed by atoms with Gasteiger partial charge >= 0.3 is 5.97 Å². The maximum atomic E-state index is 14.4. The summed E-state index contributed by atoms with van der Waals surface area (Å²) in [7, 11) is 0. The summed E-state index contributed by atoms with van der Waals surface area (Å²) in [4.78, 5) is 13.1. The molecule has 2 aliphatic heterocycles. The summed E-state index contributed by atoms with van der Waals surface area (Å²) < 4.78 is 40.7. The second kappa shape index (κ2) is 8.95. The fourth-order valence-corrected chi connectivity index (χ4v) is 5.47. The van der Waals surface area contributed by atoms with Crippen molar-refractivity contribution in [3.05, 3.63) is 143 Å². The minimum atomic E-state index is -1.22. The van der Waals surface area contributed by atoms with Gasteiger partial charge in [-0.1, -0.05) is 30.3 Å². The molecule has 0 fully saturated rings. The molecule has 0 aromatic heterocycles. The summed E-state index contributed by atoms with van der Waals surface area (Å²) in [5, 5.41) is 6.42. The van der Waals surface area contributed by atoms with Crippen LogP contribution in [0.5, 0.6) is 11.5 Å². The zero-order valence-electron chi connectivity index (χ0n) is 21.3. The Morgan fingerprint density at radius 3 is 2.02 bits per heavy atom. The van der Waals surface area contributed by atoms with Crippen LogP contribution in [0.15, 0.2) is 103 Å². The lowest BCUT2D eigenvalue weighted by Crippen LogP contribution is -2.33. The van der Waals surface area contributed by atoms with Gasteiger partial charge in [0.05, 0.1) is 11.3 Å². The molecule has 5 aromatic carbocycles. The summed E-state index contributed by atoms with van der Waals surface area (Å²) in [6, 6.07) is 29.3. The van der Waals surface area contributed by atoms with Crippen molar-refractivity contribution in [1.29, 1.82) is 0 Å². The molecular weight excluding hydrogens is 510 g/mol. The monoisotopic (exact) mass is 532 g/mol. The molecule has 40 heavy (non-hydrogen) atoms. The Hall–Kier alpha value is -5.17. The Labute approximate surface area is 229 Å². The average Bonchev–Trinajstić information content (AvgIpc) is 3.24. The second-order valence-corrected chi connectivity index (χ2v) is 9.83. The fourth-order valence-electron chi connectivity index (χ4n) is 5.47. The van der Waals surface area contributed by atoms with E-state index in [4.69, 9.17) is 9.47 Å². The van der Waals surface area contributed by atoms with Gasteiger partial charge in [-0.25, -0.2) is 13.6 Å². The minimum absolute atomic E-state index is 0.308. The number of anilines is 4. The van der Waals surface area contributed by atoms with Gasteiger partial charge in [0, 0.05) is 45.9 Å². The van der Waals surface area contributed by atoms with Gasteiger partial charge in [-0.05, 0) is 73.2 Å². The third-order valence-corrected chi connectivity index (χ3v) is 7.33. The number of halogens is 2. The van der Waals surface area contributed by atoms with Gasteiger partial charge in [0.2, 0.25) is 0 Å². The zero-order valence-corrected chi connectivity index (χ0v) is 21.3. The van der Waals surface area contributed by atoms with Crippen molar-refractivity contribution >= 4 is 28.7 Å². The van der Waals surface area contributed by atoms with Crippen molar-refractivity contribution in [3.63, 3.8) is 0 Å². The molecule has 7 heteroatoms. The molecule has 5 nitrogen and oxygen atoms in total. The maximum Gasteiger partial charge on any atom is 0.340 e. The van der Waals surface area contributed by atoms with Gasteiger partial charge in [-0.15, -0.1) is 0 Å². The van der Waals surface area contributed by atoms with Crippen molar-refractivity contribution in [2.45, 2.75) is 12.5 Å². The van der Waals surface area contributed by atoms with E-state index in [0.29, 0.717) is 45.3 Å². The number of benzene rings is 5. The van der Waals surface area contributed by atoms with Crippen LogP contribution in [0.1, 0.15) is 32.6 Å². The lowest BCUT2D eigenvalue weighted by molar-refractivity contribution is 0.0224. The first-order chi connectivity index (χ1) is 19.4. The first-order valence-electron chi connectivity index (χ1n) is 12.8. The number of para-hydroxylation sites is 1. The highest BCUT2D eigenvalue weighted by Crippen LogP contribution is 2.57. The molecule has 5 aromatic rings. The van der Waals surface area contributed by atoms with Gasteiger partial charge in [0.1, 0.15) is 23.1 Å². The molecule has 7 rings (SSSR count). The van der Waals surface area contributed by atoms with Crippen molar-refractivity contribution < 1.29 is 23.0 Å². The van der Waals surface area contributed by atoms with E-state index in [9.17, 15) is 13.6 Å². The van der Waals surface area contributed by atoms with Crippen molar-refractivity contribution in [3.8, 4) is 11.5 Å². The third kappa shape index (κ3) is 3.70. The number of hydrogen-bond donors (Lipinski definition) is 2. The van der Waals surface area contributed by atoms with E-state index in [1.807, 2.05) is 49.4 Å². The number of esters is 1. The summed E-state index contributed by atoms with van der Waals surface area (Å²) in [5.74, 6) is -0.157. The van der Waals surface area contributed by atoms with Crippen LogP contribution >= 0.6 is 0 Å². The smallest absolute Gasteiger partial charge is 0.340 e. The quantitative estimate of drug-likeness (QED) is 0.228. The molecule has 0 saturated heterocycles. The van der Waals surface area contributed by atoms with Gasteiger partial charge in [-0.3, -0.25) is 0 Å². The topological polar surface area (TPSA) is 59.6 Å². The highest BCUT2D eigenvalue weighted by atomic mass is 19.1. The molecule has 0 bridgehead atoms. The highest BCUT2D eigenvalue weighted by Gasteiger charge is 2.53. The Bertz CT molecular complexity index is 1840. The zero-order chi connectivity index (χ0) is 27.4. The Balaban J connectivity index is 1.36. The van der Waals surface area contributed by atoms with Crippen LogP contribution in [-0.4, -0.2) is 5.97 Å². The molecule has 196 valence electrons. The van der Waals surface area contributed by atoms with Crippen LogP contribution < -0.4 is 15.4 Å². The molecule has 0 radical (unpaired) electrons. The van der Waals surface area contributed by atoms with Gasteiger partial charge in [0.15, 0.2) is 5.60 Å². The Kier molecular flexibility index (Phi) is 5.35. The van der Waals surface area contributed by atoms with Crippen molar-refractivity contribution in [2.24, 2.45) is 0 Å². The van der Waals surface area contributed by atoms with Crippen molar-refractivity contribution in [2.75, 3.05) is 10.6 Å². The van der Waals surface area contributed by atoms with E-state index in [-0.39, 0.29) is 11.6 Å². The molecule has 1 atom stereocenters. The molecular formula is C33H22F2N2O3. The third-order valence-electron chi connectivity index (χ3n) is 7.33. The van der Waals surface area contributed by atoms with E-state index < -0.39 is 11.6 Å². The van der Waals surface area contributed by atoms with E-state index in [1.165, 1.54) is 18.2 Å². The first-order valence-corrected chi connectivity index (χ1v) is 12.8. The standard InChI is InChI=1S/C33H22F2N2O3/c1-19-16-20(34)10-15-28(19)36-21-11-13-25-30(17-21)39-31-18-22(37-29-9-5-4-8-27(29)35)12-14-26(31)33(25)24-7-3-2-6-23(24)32(38)40-33/h2-18,36-37H,1H3. The van der Waals surface area contributed by atoms with Crippen molar-refractivity contribution in [1.82, 2.24) is 0 Å². The highest BCUT2D eigenvalue weighted by molar-refractivity contribution is 5.97. The molecule has 1 unspecified atom stereocenters. The maximum absolute atomic E-state index is 14.4. The van der Waals surface area contributed by atoms with Crippen LogP contribution in [0.2, 0.25) is 0 Å². The molecule has 2 aliphatic rings. The molecule has 2 N–H and O–H groups in total. The lowest BCUT2D eigenvalue weighted by atomic mass is 9.77. The molecule has 0 amide bonds. The Morgan fingerprint density at radius 2 is 1.32 bits per heavy atom. The normalized spacial score (nSPS) is 16.4. The average molecular weight is 533 g/mol. The summed E-state index contributed by atoms with van der Waals surface area (Å²) >= 11 is 0. The van der Waals surface area contributed by atoms with E-state index in [2.05, 4.69) is 10.6 Å². The van der Waals surface area contributed by atoms with Gasteiger partial charge in [-0.2, -0.15) is 0 Å². The minimum Gasteiger partial charge on any atom is -0.456 e. The van der Waals surface area contributed by atoms with Crippen LogP contribution in [0.25, 0.3) is 0 Å². The summed E-state index contributed by atoms with van der Waals surface area (Å²) in [6.07, 6.45) is 0. The van der Waals surface area contributed by atoms with Crippen LogP contribution in [0, 0.1) is 18.6 Å². The molecule has 2 heterocycles. The largest absolute Gasteiger partial charge is 0.456 e. The van der Waals surface area contributed by atoms with Crippen LogP contribution in [0.3, 0.4) is 0 Å². The molecule has 0 aliphatic carbocycles. The predicted molar refractivity (Wildman–Crippen MR) is 149 cm³/mol.